The van der Waals surface area contributed by atoms with Gasteiger partial charge in [-0.25, -0.2) is 0 Å². The molecule has 0 atom stereocenters. The molecule has 324 valence electrons. The molecule has 0 amide bonds. The Bertz CT molecular complexity index is 3660. The fraction of sp³-hybridized carbons (Fsp3) is 0.125. The van der Waals surface area contributed by atoms with Gasteiger partial charge in [-0.2, -0.15) is 0 Å². The Balaban J connectivity index is 1.08. The summed E-state index contributed by atoms with van der Waals surface area (Å²) in [6.45, 7) is 11.7. The zero-order valence-corrected chi connectivity index (χ0v) is 39.8. The van der Waals surface area contributed by atoms with E-state index in [4.69, 9.17) is 0 Å². The normalized spacial score (nSPS) is 14.2. The van der Waals surface area contributed by atoms with E-state index < -0.39 is 5.41 Å². The Morgan fingerprint density at radius 2 is 1.00 bits per heavy atom. The van der Waals surface area contributed by atoms with Gasteiger partial charge in [0, 0.05) is 43.3 Å². The minimum absolute atomic E-state index is 0.0220. The number of aryl methyl sites for hydroxylation is 1. The Morgan fingerprint density at radius 3 is 1.59 bits per heavy atom. The number of rotatable bonds is 5. The molecule has 0 saturated heterocycles. The van der Waals surface area contributed by atoms with Crippen LogP contribution in [0.25, 0.3) is 43.5 Å². The molecule has 10 aromatic rings. The summed E-state index contributed by atoms with van der Waals surface area (Å²) in [4.78, 5) is 5.14. The lowest BCUT2D eigenvalue weighted by Crippen LogP contribution is -2.60. The molecule has 0 N–H and O–H groups in total. The van der Waals surface area contributed by atoms with Crippen LogP contribution in [0, 0.1) is 6.92 Å². The molecule has 2 aliphatic carbocycles. The Hall–Kier alpha value is -7.40. The monoisotopic (exact) mass is 888 g/mol. The molecule has 4 heteroatoms. The standard InChI is InChI=1S/C64H49BN2S/c1-38(2)47-33-40(5)34-48(39(3)4)60(47)41-31-32-55-58(35-41)66(42-19-8-6-9-20-42)56-29-18-30-57-61(56)65(55)63-62(67(57)43-21-10-7-11-22-43)50-36-49-46-25-14-17-28-53(46)64(54(49)37-59(50)68-63)51-26-15-12-23-44(51)45-24-13-16-27-52(45)64/h6-39H,1-5H3. The number of anilines is 6. The summed E-state index contributed by atoms with van der Waals surface area (Å²) < 4.78 is 2.72. The summed E-state index contributed by atoms with van der Waals surface area (Å²) in [6.07, 6.45) is 0. The lowest BCUT2D eigenvalue weighted by atomic mass is 9.36. The zero-order chi connectivity index (χ0) is 45.6. The summed E-state index contributed by atoms with van der Waals surface area (Å²) >= 11 is 2.00. The van der Waals surface area contributed by atoms with Gasteiger partial charge in [-0.3, -0.25) is 0 Å². The van der Waals surface area contributed by atoms with Gasteiger partial charge in [0.25, 0.3) is 6.71 Å². The van der Waals surface area contributed by atoms with Crippen LogP contribution in [0.15, 0.2) is 194 Å². The molecular formula is C64H49BN2S. The maximum atomic E-state index is 2.60. The lowest BCUT2D eigenvalue weighted by Gasteiger charge is -2.43. The van der Waals surface area contributed by atoms with Crippen LogP contribution in [0.3, 0.4) is 0 Å². The van der Waals surface area contributed by atoms with E-state index in [1.54, 1.807) is 0 Å². The molecule has 68 heavy (non-hydrogen) atoms. The molecule has 0 bridgehead atoms. The smallest absolute Gasteiger partial charge is 0.264 e. The zero-order valence-electron chi connectivity index (χ0n) is 39.0. The van der Waals surface area contributed by atoms with E-state index in [1.807, 2.05) is 11.3 Å². The minimum Gasteiger partial charge on any atom is -0.311 e. The topological polar surface area (TPSA) is 6.48 Å². The number of fused-ring (bicyclic) bond motifs is 16. The van der Waals surface area contributed by atoms with Crippen molar-refractivity contribution in [1.29, 1.82) is 0 Å². The van der Waals surface area contributed by atoms with Crippen LogP contribution < -0.4 is 25.5 Å². The van der Waals surface area contributed by atoms with Gasteiger partial charge in [0.1, 0.15) is 0 Å². The highest BCUT2D eigenvalue weighted by molar-refractivity contribution is 7.33. The van der Waals surface area contributed by atoms with Gasteiger partial charge in [0.05, 0.1) is 11.1 Å². The van der Waals surface area contributed by atoms with Crippen LogP contribution >= 0.6 is 11.3 Å². The molecule has 0 fully saturated rings. The van der Waals surface area contributed by atoms with Crippen molar-refractivity contribution in [2.24, 2.45) is 0 Å². The largest absolute Gasteiger partial charge is 0.311 e. The molecule has 9 aromatic carbocycles. The number of benzene rings is 9. The van der Waals surface area contributed by atoms with Gasteiger partial charge < -0.3 is 9.80 Å². The first-order valence-corrected chi connectivity index (χ1v) is 25.2. The van der Waals surface area contributed by atoms with Crippen molar-refractivity contribution in [1.82, 2.24) is 0 Å². The highest BCUT2D eigenvalue weighted by Gasteiger charge is 2.52. The molecule has 1 aromatic heterocycles. The van der Waals surface area contributed by atoms with Gasteiger partial charge in [0.15, 0.2) is 0 Å². The van der Waals surface area contributed by atoms with Crippen molar-refractivity contribution in [2.45, 2.75) is 51.9 Å². The first kappa shape index (κ1) is 39.7. The number of thiophene rings is 1. The predicted octanol–water partition coefficient (Wildman–Crippen LogP) is 15.5. The van der Waals surface area contributed by atoms with E-state index >= 15 is 0 Å². The molecule has 1 spiro atoms. The molecular weight excluding hydrogens is 840 g/mol. The van der Waals surface area contributed by atoms with Crippen LogP contribution in [0.1, 0.15) is 78.5 Å². The average Bonchev–Trinajstić information content (AvgIpc) is 3.99. The van der Waals surface area contributed by atoms with Crippen LogP contribution in [-0.2, 0) is 5.41 Å². The summed E-state index contributed by atoms with van der Waals surface area (Å²) in [5.41, 5.74) is 27.3. The van der Waals surface area contributed by atoms with Gasteiger partial charge in [-0.15, -0.1) is 11.3 Å². The maximum Gasteiger partial charge on any atom is 0.264 e. The predicted molar refractivity (Wildman–Crippen MR) is 290 cm³/mol. The molecule has 0 saturated carbocycles. The summed E-state index contributed by atoms with van der Waals surface area (Å²) in [7, 11) is 0. The molecule has 14 rings (SSSR count). The fourth-order valence-electron chi connectivity index (χ4n) is 12.9. The second kappa shape index (κ2) is 14.6. The SMILES string of the molecule is Cc1cc(C(C)C)c(-c2ccc3c(c2)N(c2ccccc2)c2cccc4c2B3c2sc3cc5c(cc3c2N4c2ccccc2)-c2ccccc2C52c3ccccc3-c3ccccc32)c(C(C)C)c1. The molecule has 2 aliphatic heterocycles. The Morgan fingerprint density at radius 1 is 0.471 bits per heavy atom. The van der Waals surface area contributed by atoms with Crippen LogP contribution in [-0.4, -0.2) is 6.71 Å². The second-order valence-electron chi connectivity index (χ2n) is 20.0. The lowest BCUT2D eigenvalue weighted by molar-refractivity contribution is 0.795. The van der Waals surface area contributed by atoms with E-state index in [-0.39, 0.29) is 6.71 Å². The van der Waals surface area contributed by atoms with E-state index in [1.165, 1.54) is 132 Å². The second-order valence-corrected chi connectivity index (χ2v) is 21.1. The van der Waals surface area contributed by atoms with E-state index in [9.17, 15) is 0 Å². The number of nitrogens with zero attached hydrogens (tertiary/aromatic N) is 2. The first-order valence-electron chi connectivity index (χ1n) is 24.3. The molecule has 2 nitrogen and oxygen atoms in total. The van der Waals surface area contributed by atoms with Crippen molar-refractivity contribution in [3.8, 4) is 33.4 Å². The van der Waals surface area contributed by atoms with Gasteiger partial charge in [-0.05, 0) is 151 Å². The number of para-hydroxylation sites is 2. The Kier molecular flexibility index (Phi) is 8.51. The van der Waals surface area contributed by atoms with Crippen molar-refractivity contribution in [2.75, 3.05) is 9.80 Å². The highest BCUT2D eigenvalue weighted by atomic mass is 32.1. The molecule has 3 heterocycles. The Labute approximate surface area is 403 Å². The van der Waals surface area contributed by atoms with E-state index in [0.717, 1.165) is 0 Å². The number of hydrogen-bond acceptors (Lipinski definition) is 3. The molecule has 0 unspecified atom stereocenters. The highest BCUT2D eigenvalue weighted by Crippen LogP contribution is 2.64. The van der Waals surface area contributed by atoms with Gasteiger partial charge >= 0.3 is 0 Å². The maximum absolute atomic E-state index is 2.60. The quantitative estimate of drug-likeness (QED) is 0.159. The van der Waals surface area contributed by atoms with E-state index in [2.05, 4.69) is 239 Å². The first-order chi connectivity index (χ1) is 33.3. The molecule has 0 radical (unpaired) electrons. The van der Waals surface area contributed by atoms with Crippen molar-refractivity contribution in [3.05, 3.63) is 233 Å². The van der Waals surface area contributed by atoms with Gasteiger partial charge in [0.2, 0.25) is 0 Å². The van der Waals surface area contributed by atoms with Crippen molar-refractivity contribution in [3.63, 3.8) is 0 Å². The third-order valence-electron chi connectivity index (χ3n) is 15.6. The third kappa shape index (κ3) is 5.24. The number of hydrogen-bond donors (Lipinski definition) is 0. The summed E-state index contributed by atoms with van der Waals surface area (Å²) in [6, 6.07) is 74.2. The van der Waals surface area contributed by atoms with Crippen molar-refractivity contribution < 1.29 is 0 Å². The molecule has 4 aliphatic rings. The fourth-order valence-corrected chi connectivity index (χ4v) is 14.3. The summed E-state index contributed by atoms with van der Waals surface area (Å²) in [5.74, 6) is 0.767. The van der Waals surface area contributed by atoms with Crippen molar-refractivity contribution >= 4 is 78.0 Å². The minimum atomic E-state index is -0.406. The van der Waals surface area contributed by atoms with Crippen LogP contribution in [0.5, 0.6) is 0 Å². The third-order valence-corrected chi connectivity index (χ3v) is 16.8. The van der Waals surface area contributed by atoms with Gasteiger partial charge in [-0.1, -0.05) is 173 Å². The summed E-state index contributed by atoms with van der Waals surface area (Å²) in [5, 5.41) is 1.31. The van der Waals surface area contributed by atoms with Crippen LogP contribution in [0.4, 0.5) is 34.1 Å². The van der Waals surface area contributed by atoms with E-state index in [0.29, 0.717) is 11.8 Å². The average molecular weight is 889 g/mol. The van der Waals surface area contributed by atoms with Crippen LogP contribution in [0.2, 0.25) is 0 Å².